The van der Waals surface area contributed by atoms with Gasteiger partial charge in [-0.25, -0.2) is 0 Å². The summed E-state index contributed by atoms with van der Waals surface area (Å²) in [6.45, 7) is 0.979. The van der Waals surface area contributed by atoms with Crippen LogP contribution in [0.4, 0.5) is 0 Å². The minimum atomic E-state index is -0.842. The molecule has 8 heteroatoms. The first kappa shape index (κ1) is 17.2. The van der Waals surface area contributed by atoms with Crippen molar-refractivity contribution in [1.29, 1.82) is 0 Å². The molecular formula is C17H24N6O2. The number of amides is 2. The molecule has 1 fully saturated rings. The van der Waals surface area contributed by atoms with Crippen LogP contribution in [-0.2, 0) is 28.6 Å². The third kappa shape index (κ3) is 3.29. The molecule has 0 aromatic carbocycles. The molecule has 0 aliphatic carbocycles. The van der Waals surface area contributed by atoms with Crippen LogP contribution in [0.2, 0.25) is 0 Å². The van der Waals surface area contributed by atoms with E-state index in [0.29, 0.717) is 19.5 Å². The van der Waals surface area contributed by atoms with Crippen molar-refractivity contribution in [3.63, 3.8) is 0 Å². The largest absolute Gasteiger partial charge is 0.347 e. The van der Waals surface area contributed by atoms with Crippen LogP contribution in [0.15, 0.2) is 30.7 Å². The van der Waals surface area contributed by atoms with Crippen LogP contribution >= 0.6 is 0 Å². The van der Waals surface area contributed by atoms with E-state index in [-0.39, 0.29) is 18.2 Å². The van der Waals surface area contributed by atoms with Crippen molar-refractivity contribution >= 4 is 11.8 Å². The first-order chi connectivity index (χ1) is 11.9. The van der Waals surface area contributed by atoms with Gasteiger partial charge in [0.05, 0.1) is 18.7 Å². The standard InChI is InChI=1S/C17H24N6O2/c1-20(2)16(25)17(23-10-5-8-18-23)7-4-9-22(13-17)15(24)12-14-6-11-21(3)19-14/h5-6,8,10-11H,4,7,9,12-13H2,1-3H3. The molecular weight excluding hydrogens is 320 g/mol. The molecule has 0 bridgehead atoms. The third-order valence-electron chi connectivity index (χ3n) is 4.67. The molecule has 1 saturated heterocycles. The number of carbonyl (C=O) groups is 2. The van der Waals surface area contributed by atoms with Crippen LogP contribution in [-0.4, -0.2) is 68.4 Å². The van der Waals surface area contributed by atoms with Crippen LogP contribution in [0, 0.1) is 0 Å². The molecule has 1 aliphatic heterocycles. The van der Waals surface area contributed by atoms with Gasteiger partial charge in [-0.05, 0) is 25.0 Å². The van der Waals surface area contributed by atoms with Gasteiger partial charge >= 0.3 is 0 Å². The zero-order valence-corrected chi connectivity index (χ0v) is 14.9. The minimum absolute atomic E-state index is 0.0125. The fraction of sp³-hybridized carbons (Fsp3) is 0.529. The van der Waals surface area contributed by atoms with E-state index in [2.05, 4.69) is 10.2 Å². The van der Waals surface area contributed by atoms with Crippen molar-refractivity contribution in [3.05, 3.63) is 36.4 Å². The maximum Gasteiger partial charge on any atom is 0.251 e. The van der Waals surface area contributed by atoms with Gasteiger partial charge < -0.3 is 9.80 Å². The molecule has 2 aromatic rings. The van der Waals surface area contributed by atoms with Gasteiger partial charge in [0.15, 0.2) is 5.54 Å². The van der Waals surface area contributed by atoms with Crippen LogP contribution < -0.4 is 0 Å². The molecule has 0 radical (unpaired) electrons. The lowest BCUT2D eigenvalue weighted by Crippen LogP contribution is -2.59. The van der Waals surface area contributed by atoms with Crippen molar-refractivity contribution < 1.29 is 9.59 Å². The Morgan fingerprint density at radius 1 is 1.32 bits per heavy atom. The molecule has 2 aromatic heterocycles. The summed E-state index contributed by atoms with van der Waals surface area (Å²) >= 11 is 0. The highest BCUT2D eigenvalue weighted by atomic mass is 16.2. The normalized spacial score (nSPS) is 20.5. The lowest BCUT2D eigenvalue weighted by Gasteiger charge is -2.42. The number of hydrogen-bond acceptors (Lipinski definition) is 4. The van der Waals surface area contributed by atoms with Crippen LogP contribution in [0.5, 0.6) is 0 Å². The first-order valence-corrected chi connectivity index (χ1v) is 8.40. The number of piperidine rings is 1. The first-order valence-electron chi connectivity index (χ1n) is 8.40. The molecule has 0 spiro atoms. The molecule has 8 nitrogen and oxygen atoms in total. The number of aromatic nitrogens is 4. The lowest BCUT2D eigenvalue weighted by atomic mass is 9.87. The van der Waals surface area contributed by atoms with Crippen molar-refractivity contribution in [1.82, 2.24) is 29.4 Å². The van der Waals surface area contributed by atoms with Crippen LogP contribution in [0.25, 0.3) is 0 Å². The van der Waals surface area contributed by atoms with Gasteiger partial charge in [0.2, 0.25) is 5.91 Å². The van der Waals surface area contributed by atoms with Gasteiger partial charge in [-0.2, -0.15) is 10.2 Å². The van der Waals surface area contributed by atoms with Gasteiger partial charge in [0, 0.05) is 46.3 Å². The van der Waals surface area contributed by atoms with Gasteiger partial charge in [-0.15, -0.1) is 0 Å². The highest BCUT2D eigenvalue weighted by Crippen LogP contribution is 2.30. The van der Waals surface area contributed by atoms with Gasteiger partial charge in [0.25, 0.3) is 5.91 Å². The summed E-state index contributed by atoms with van der Waals surface area (Å²) in [5.41, 5.74) is -0.105. The lowest BCUT2D eigenvalue weighted by molar-refractivity contribution is -0.146. The summed E-state index contributed by atoms with van der Waals surface area (Å²) in [7, 11) is 5.30. The molecule has 134 valence electrons. The van der Waals surface area contributed by atoms with Gasteiger partial charge in [0.1, 0.15) is 0 Å². The average Bonchev–Trinajstić information content (AvgIpc) is 3.26. The van der Waals surface area contributed by atoms with Crippen molar-refractivity contribution in [2.45, 2.75) is 24.8 Å². The highest BCUT2D eigenvalue weighted by molar-refractivity contribution is 5.86. The fourth-order valence-corrected chi connectivity index (χ4v) is 3.47. The zero-order chi connectivity index (χ0) is 18.0. The smallest absolute Gasteiger partial charge is 0.251 e. The summed E-state index contributed by atoms with van der Waals surface area (Å²) in [6, 6.07) is 3.65. The zero-order valence-electron chi connectivity index (χ0n) is 14.9. The number of aryl methyl sites for hydroxylation is 1. The quantitative estimate of drug-likeness (QED) is 0.797. The Balaban J connectivity index is 1.83. The topological polar surface area (TPSA) is 76.3 Å². The van der Waals surface area contributed by atoms with E-state index in [0.717, 1.165) is 12.1 Å². The number of nitrogens with zero attached hydrogens (tertiary/aromatic N) is 6. The summed E-state index contributed by atoms with van der Waals surface area (Å²) in [5.74, 6) is -0.0481. The second-order valence-corrected chi connectivity index (χ2v) is 6.76. The summed E-state index contributed by atoms with van der Waals surface area (Å²) < 4.78 is 3.39. The average molecular weight is 344 g/mol. The Morgan fingerprint density at radius 2 is 2.12 bits per heavy atom. The molecule has 1 atom stereocenters. The fourth-order valence-electron chi connectivity index (χ4n) is 3.47. The van der Waals surface area contributed by atoms with Crippen LogP contribution in [0.1, 0.15) is 18.5 Å². The molecule has 0 saturated carbocycles. The van der Waals surface area contributed by atoms with E-state index >= 15 is 0 Å². The molecule has 1 aliphatic rings. The van der Waals surface area contributed by atoms with Crippen molar-refractivity contribution in [2.75, 3.05) is 27.2 Å². The molecule has 25 heavy (non-hydrogen) atoms. The predicted octanol–water partition coefficient (Wildman–Crippen LogP) is 0.265. The van der Waals surface area contributed by atoms with Crippen molar-refractivity contribution in [3.8, 4) is 0 Å². The Kier molecular flexibility index (Phi) is 4.61. The number of likely N-dealkylation sites (tertiary alicyclic amines) is 1. The van der Waals surface area contributed by atoms with E-state index in [9.17, 15) is 9.59 Å². The number of rotatable bonds is 4. The van der Waals surface area contributed by atoms with Gasteiger partial charge in [-0.1, -0.05) is 0 Å². The monoisotopic (exact) mass is 344 g/mol. The summed E-state index contributed by atoms with van der Waals surface area (Å²) in [5, 5.41) is 8.58. The third-order valence-corrected chi connectivity index (χ3v) is 4.67. The Morgan fingerprint density at radius 3 is 2.72 bits per heavy atom. The summed E-state index contributed by atoms with van der Waals surface area (Å²) in [4.78, 5) is 29.1. The Labute approximate surface area is 147 Å². The van der Waals surface area contributed by atoms with E-state index in [4.69, 9.17) is 0 Å². The van der Waals surface area contributed by atoms with E-state index in [1.807, 2.05) is 19.3 Å². The maximum absolute atomic E-state index is 13.0. The van der Waals surface area contributed by atoms with E-state index in [1.165, 1.54) is 0 Å². The number of carbonyl (C=O) groups excluding carboxylic acids is 2. The SMILES string of the molecule is CN(C)C(=O)C1(n2cccn2)CCCN(C(=O)Cc2ccn(C)n2)C1. The van der Waals surface area contributed by atoms with E-state index in [1.54, 1.807) is 51.7 Å². The summed E-state index contributed by atoms with van der Waals surface area (Å²) in [6.07, 6.45) is 6.95. The Bertz CT molecular complexity index is 751. The maximum atomic E-state index is 13.0. The highest BCUT2D eigenvalue weighted by Gasteiger charge is 2.46. The molecule has 0 N–H and O–H groups in total. The molecule has 3 heterocycles. The minimum Gasteiger partial charge on any atom is -0.347 e. The van der Waals surface area contributed by atoms with Gasteiger partial charge in [-0.3, -0.25) is 19.0 Å². The second kappa shape index (κ2) is 6.70. The van der Waals surface area contributed by atoms with Crippen molar-refractivity contribution in [2.24, 2.45) is 7.05 Å². The van der Waals surface area contributed by atoms with Crippen LogP contribution in [0.3, 0.4) is 0 Å². The number of hydrogen-bond donors (Lipinski definition) is 0. The molecule has 3 rings (SSSR count). The second-order valence-electron chi connectivity index (χ2n) is 6.76. The molecule has 1 unspecified atom stereocenters. The predicted molar refractivity (Wildman–Crippen MR) is 91.6 cm³/mol. The number of likely N-dealkylation sites (N-methyl/N-ethyl adjacent to an activating group) is 1. The Hall–Kier alpha value is -2.64. The van der Waals surface area contributed by atoms with E-state index < -0.39 is 5.54 Å². The molecule has 2 amide bonds.